The van der Waals surface area contributed by atoms with E-state index in [1.54, 1.807) is 0 Å². The van der Waals surface area contributed by atoms with Gasteiger partial charge in [-0.3, -0.25) is 14.3 Å². The maximum Gasteiger partial charge on any atom is 0.365 e. The summed E-state index contributed by atoms with van der Waals surface area (Å²) in [7, 11) is -1.43. The lowest BCUT2D eigenvalue weighted by Crippen LogP contribution is -1.99. The molecule has 2 rings (SSSR count). The number of nitrogens with zero attached hydrogens (tertiary/aromatic N) is 2. The van der Waals surface area contributed by atoms with Gasteiger partial charge in [-0.05, 0) is 12.1 Å². The SMILES string of the molecule is O=C(O)c1nc(CS(=O)c2ccc([N+](=O)[O-])cc2)cs1. The summed E-state index contributed by atoms with van der Waals surface area (Å²) < 4.78 is 12.0. The fourth-order valence-electron chi connectivity index (χ4n) is 1.41. The summed E-state index contributed by atoms with van der Waals surface area (Å²) in [5.74, 6) is -1.05. The summed E-state index contributed by atoms with van der Waals surface area (Å²) >= 11 is 0.967. The van der Waals surface area contributed by atoms with Crippen molar-refractivity contribution in [3.63, 3.8) is 0 Å². The molecule has 0 amide bonds. The molecule has 1 heterocycles. The average Bonchev–Trinajstić information content (AvgIpc) is 2.87. The normalized spacial score (nSPS) is 12.0. The number of carboxylic acid groups (broad SMARTS) is 1. The zero-order valence-corrected chi connectivity index (χ0v) is 11.5. The van der Waals surface area contributed by atoms with Crippen LogP contribution >= 0.6 is 11.3 Å². The van der Waals surface area contributed by atoms with Gasteiger partial charge in [-0.2, -0.15) is 0 Å². The van der Waals surface area contributed by atoms with Crippen LogP contribution in [-0.2, 0) is 16.6 Å². The first kappa shape index (κ1) is 14.3. The number of benzene rings is 1. The minimum atomic E-state index is -1.43. The number of carboxylic acids is 1. The second-order valence-corrected chi connectivity index (χ2v) is 6.00. The topological polar surface area (TPSA) is 110 Å². The number of thiazole rings is 1. The maximum absolute atomic E-state index is 12.0. The van der Waals surface area contributed by atoms with Gasteiger partial charge in [0.1, 0.15) is 0 Å². The van der Waals surface area contributed by atoms with Gasteiger partial charge in [0, 0.05) is 22.4 Å². The molecule has 2 aromatic rings. The quantitative estimate of drug-likeness (QED) is 0.668. The number of nitro benzene ring substituents is 1. The van der Waals surface area contributed by atoms with Crippen molar-refractivity contribution in [2.24, 2.45) is 0 Å². The van der Waals surface area contributed by atoms with E-state index in [9.17, 15) is 19.1 Å². The minimum absolute atomic E-state index is 0.0549. The van der Waals surface area contributed by atoms with Gasteiger partial charge >= 0.3 is 5.97 Å². The molecule has 0 fully saturated rings. The van der Waals surface area contributed by atoms with Gasteiger partial charge in [0.25, 0.3) is 5.69 Å². The molecule has 1 atom stereocenters. The maximum atomic E-state index is 12.0. The monoisotopic (exact) mass is 312 g/mol. The zero-order valence-electron chi connectivity index (χ0n) is 9.88. The first-order valence-electron chi connectivity index (χ1n) is 5.28. The highest BCUT2D eigenvalue weighted by atomic mass is 32.2. The first-order valence-corrected chi connectivity index (χ1v) is 7.48. The van der Waals surface area contributed by atoms with Crippen LogP contribution < -0.4 is 0 Å². The van der Waals surface area contributed by atoms with Crippen LogP contribution in [0.5, 0.6) is 0 Å². The molecule has 0 spiro atoms. The molecule has 0 saturated heterocycles. The Kier molecular flexibility index (Phi) is 4.20. The molecule has 1 unspecified atom stereocenters. The van der Waals surface area contributed by atoms with Crippen molar-refractivity contribution in [2.45, 2.75) is 10.6 Å². The summed E-state index contributed by atoms with van der Waals surface area (Å²) in [5.41, 5.74) is 0.344. The second-order valence-electron chi connectivity index (χ2n) is 3.69. The van der Waals surface area contributed by atoms with Gasteiger partial charge < -0.3 is 5.11 Å². The highest BCUT2D eigenvalue weighted by Crippen LogP contribution is 2.18. The molecule has 0 aliphatic heterocycles. The Morgan fingerprint density at radius 2 is 2.05 bits per heavy atom. The number of aromatic carboxylic acids is 1. The van der Waals surface area contributed by atoms with Crippen LogP contribution in [0.25, 0.3) is 0 Å². The van der Waals surface area contributed by atoms with Gasteiger partial charge in [-0.1, -0.05) is 0 Å². The van der Waals surface area contributed by atoms with Gasteiger partial charge in [-0.25, -0.2) is 9.78 Å². The number of non-ortho nitro benzene ring substituents is 1. The summed E-state index contributed by atoms with van der Waals surface area (Å²) in [4.78, 5) is 24.9. The van der Waals surface area contributed by atoms with E-state index in [-0.39, 0.29) is 16.4 Å². The number of hydrogen-bond donors (Lipinski definition) is 1. The number of rotatable bonds is 5. The number of nitro groups is 1. The Balaban J connectivity index is 2.11. The molecular weight excluding hydrogens is 304 g/mol. The van der Waals surface area contributed by atoms with Gasteiger partial charge in [0.15, 0.2) is 0 Å². The van der Waals surface area contributed by atoms with E-state index in [0.29, 0.717) is 10.6 Å². The van der Waals surface area contributed by atoms with Gasteiger partial charge in [0.2, 0.25) is 5.01 Å². The third-order valence-electron chi connectivity index (χ3n) is 2.32. The van der Waals surface area contributed by atoms with Crippen molar-refractivity contribution in [1.82, 2.24) is 4.98 Å². The van der Waals surface area contributed by atoms with Crippen LogP contribution in [0.1, 0.15) is 15.5 Å². The Hall–Kier alpha value is -2.13. The highest BCUT2D eigenvalue weighted by Gasteiger charge is 2.13. The van der Waals surface area contributed by atoms with Crippen molar-refractivity contribution < 1.29 is 19.0 Å². The molecule has 1 N–H and O–H groups in total. The third-order valence-corrected chi connectivity index (χ3v) is 4.56. The molecule has 0 aliphatic rings. The Morgan fingerprint density at radius 3 is 2.55 bits per heavy atom. The smallest absolute Gasteiger partial charge is 0.365 e. The lowest BCUT2D eigenvalue weighted by Gasteiger charge is -1.99. The van der Waals surface area contributed by atoms with E-state index in [2.05, 4.69) is 4.98 Å². The minimum Gasteiger partial charge on any atom is -0.476 e. The summed E-state index contributed by atoms with van der Waals surface area (Å²) in [5, 5.41) is 20.7. The number of hydrogen-bond acceptors (Lipinski definition) is 6. The molecule has 104 valence electrons. The van der Waals surface area contributed by atoms with Crippen LogP contribution in [-0.4, -0.2) is 25.2 Å². The number of carbonyl (C=O) groups is 1. The fraction of sp³-hybridized carbons (Fsp3) is 0.0909. The fourth-order valence-corrected chi connectivity index (χ4v) is 3.19. The van der Waals surface area contributed by atoms with E-state index >= 15 is 0 Å². The van der Waals surface area contributed by atoms with E-state index < -0.39 is 21.7 Å². The molecule has 7 nitrogen and oxygen atoms in total. The van der Waals surface area contributed by atoms with E-state index in [4.69, 9.17) is 5.11 Å². The molecule has 0 saturated carbocycles. The Bertz CT molecular complexity index is 680. The molecular formula is C11H8N2O5S2. The lowest BCUT2D eigenvalue weighted by atomic mass is 10.3. The van der Waals surface area contributed by atoms with Crippen molar-refractivity contribution >= 4 is 33.8 Å². The van der Waals surface area contributed by atoms with Gasteiger partial charge in [-0.15, -0.1) is 11.3 Å². The largest absolute Gasteiger partial charge is 0.476 e. The molecule has 0 radical (unpaired) electrons. The summed E-state index contributed by atoms with van der Waals surface area (Å²) in [6.07, 6.45) is 0. The highest BCUT2D eigenvalue weighted by molar-refractivity contribution is 7.84. The average molecular weight is 312 g/mol. The third kappa shape index (κ3) is 3.25. The van der Waals surface area contributed by atoms with Crippen LogP contribution in [0, 0.1) is 10.1 Å². The van der Waals surface area contributed by atoms with Crippen LogP contribution in [0.2, 0.25) is 0 Å². The van der Waals surface area contributed by atoms with Crippen molar-refractivity contribution in [3.05, 3.63) is 50.5 Å². The molecule has 0 aliphatic carbocycles. The number of aromatic nitrogens is 1. The van der Waals surface area contributed by atoms with Crippen LogP contribution in [0.3, 0.4) is 0 Å². The Labute approximate surface area is 119 Å². The molecule has 9 heteroatoms. The predicted molar refractivity (Wildman–Crippen MR) is 72.3 cm³/mol. The zero-order chi connectivity index (χ0) is 14.7. The summed E-state index contributed by atoms with van der Waals surface area (Å²) in [6.45, 7) is 0. The predicted octanol–water partition coefficient (Wildman–Crippen LogP) is 2.06. The molecule has 0 bridgehead atoms. The standard InChI is InChI=1S/C11H8N2O5S2/c14-11(15)10-12-7(5-19-10)6-20(18)9-3-1-8(2-4-9)13(16)17/h1-5H,6H2,(H,14,15). The van der Waals surface area contributed by atoms with Crippen LogP contribution in [0.15, 0.2) is 34.5 Å². The van der Waals surface area contributed by atoms with E-state index in [0.717, 1.165) is 11.3 Å². The molecule has 1 aromatic carbocycles. The van der Waals surface area contributed by atoms with Crippen molar-refractivity contribution in [2.75, 3.05) is 0 Å². The second kappa shape index (κ2) is 5.88. The van der Waals surface area contributed by atoms with Crippen molar-refractivity contribution in [3.8, 4) is 0 Å². The molecule has 1 aromatic heterocycles. The van der Waals surface area contributed by atoms with Gasteiger partial charge in [0.05, 0.1) is 27.2 Å². The van der Waals surface area contributed by atoms with E-state index in [1.807, 2.05) is 0 Å². The van der Waals surface area contributed by atoms with Crippen LogP contribution in [0.4, 0.5) is 5.69 Å². The Morgan fingerprint density at radius 1 is 1.40 bits per heavy atom. The molecule has 20 heavy (non-hydrogen) atoms. The van der Waals surface area contributed by atoms with E-state index in [1.165, 1.54) is 29.6 Å². The first-order chi connectivity index (χ1) is 9.47. The van der Waals surface area contributed by atoms with Crippen molar-refractivity contribution in [1.29, 1.82) is 0 Å². The lowest BCUT2D eigenvalue weighted by molar-refractivity contribution is -0.384. The summed E-state index contributed by atoms with van der Waals surface area (Å²) in [6, 6.07) is 5.38.